The molecule has 24 heavy (non-hydrogen) atoms. The minimum absolute atomic E-state index is 0.0284. The van der Waals surface area contributed by atoms with E-state index in [0.29, 0.717) is 6.42 Å². The van der Waals surface area contributed by atoms with Gasteiger partial charge in [-0.3, -0.25) is 4.79 Å². The lowest BCUT2D eigenvalue weighted by Crippen LogP contribution is -2.54. The zero-order chi connectivity index (χ0) is 16.7. The van der Waals surface area contributed by atoms with E-state index in [1.807, 2.05) is 18.2 Å². The van der Waals surface area contributed by atoms with Crippen molar-refractivity contribution in [3.05, 3.63) is 29.3 Å². The minimum Gasteiger partial charge on any atom is -0.496 e. The van der Waals surface area contributed by atoms with Crippen molar-refractivity contribution in [2.45, 2.75) is 56.1 Å². The maximum atomic E-state index is 12.9. The number of piperidine rings is 1. The molecule has 4 rings (SSSR count). The van der Waals surface area contributed by atoms with Gasteiger partial charge < -0.3 is 20.7 Å². The second-order valence-electron chi connectivity index (χ2n) is 7.47. The molecule has 1 unspecified atom stereocenters. The van der Waals surface area contributed by atoms with E-state index in [1.54, 1.807) is 7.11 Å². The third-order valence-corrected chi connectivity index (χ3v) is 5.94. The van der Waals surface area contributed by atoms with E-state index in [2.05, 4.69) is 10.2 Å². The van der Waals surface area contributed by atoms with Crippen molar-refractivity contribution < 1.29 is 9.53 Å². The average molecular weight is 329 g/mol. The van der Waals surface area contributed by atoms with Gasteiger partial charge in [0, 0.05) is 25.2 Å². The molecule has 5 nitrogen and oxygen atoms in total. The number of nitrogens with zero attached hydrogens (tertiary/aromatic N) is 1. The Morgan fingerprint density at radius 2 is 2.04 bits per heavy atom. The Balaban J connectivity index is 1.44. The highest BCUT2D eigenvalue weighted by molar-refractivity contribution is 5.89. The summed E-state index contributed by atoms with van der Waals surface area (Å²) in [6.07, 6.45) is 6.20. The van der Waals surface area contributed by atoms with Gasteiger partial charge in [-0.25, -0.2) is 0 Å². The van der Waals surface area contributed by atoms with Gasteiger partial charge in [-0.05, 0) is 55.7 Å². The zero-order valence-electron chi connectivity index (χ0n) is 14.4. The third-order valence-electron chi connectivity index (χ3n) is 5.94. The number of benzene rings is 1. The van der Waals surface area contributed by atoms with Crippen molar-refractivity contribution in [1.82, 2.24) is 10.2 Å². The maximum absolute atomic E-state index is 12.9. The average Bonchev–Trinajstić information content (AvgIpc) is 3.39. The van der Waals surface area contributed by atoms with Crippen LogP contribution in [-0.2, 0) is 16.8 Å². The minimum atomic E-state index is -0.919. The van der Waals surface area contributed by atoms with Gasteiger partial charge in [-0.15, -0.1) is 0 Å². The van der Waals surface area contributed by atoms with E-state index in [0.717, 1.165) is 55.3 Å². The predicted molar refractivity (Wildman–Crippen MR) is 92.9 cm³/mol. The van der Waals surface area contributed by atoms with Crippen LogP contribution in [0.2, 0.25) is 0 Å². The first-order valence-corrected chi connectivity index (χ1v) is 9.12. The van der Waals surface area contributed by atoms with Crippen LogP contribution < -0.4 is 15.8 Å². The Morgan fingerprint density at radius 3 is 2.71 bits per heavy atom. The fourth-order valence-corrected chi connectivity index (χ4v) is 4.29. The molecule has 0 spiro atoms. The van der Waals surface area contributed by atoms with Gasteiger partial charge in [-0.2, -0.15) is 0 Å². The second kappa shape index (κ2) is 6.05. The lowest BCUT2D eigenvalue weighted by atomic mass is 9.91. The van der Waals surface area contributed by atoms with Crippen molar-refractivity contribution in [2.24, 2.45) is 5.73 Å². The van der Waals surface area contributed by atoms with Crippen LogP contribution >= 0.6 is 0 Å². The molecule has 1 saturated carbocycles. The first kappa shape index (κ1) is 15.9. The molecule has 1 heterocycles. The van der Waals surface area contributed by atoms with Gasteiger partial charge in [-0.1, -0.05) is 12.1 Å². The van der Waals surface area contributed by atoms with Crippen molar-refractivity contribution in [2.75, 3.05) is 20.2 Å². The molecular formula is C19H27N3O2. The Bertz CT molecular complexity index is 635. The van der Waals surface area contributed by atoms with Gasteiger partial charge in [0.15, 0.2) is 0 Å². The normalized spacial score (nSPS) is 27.8. The van der Waals surface area contributed by atoms with Crippen LogP contribution in [0, 0.1) is 0 Å². The van der Waals surface area contributed by atoms with Gasteiger partial charge in [0.1, 0.15) is 11.3 Å². The van der Waals surface area contributed by atoms with Crippen LogP contribution in [0.1, 0.15) is 43.2 Å². The van der Waals surface area contributed by atoms with Crippen molar-refractivity contribution in [1.29, 1.82) is 0 Å². The first-order chi connectivity index (χ1) is 11.6. The number of ether oxygens (including phenoxy) is 1. The van der Waals surface area contributed by atoms with Crippen molar-refractivity contribution in [3.8, 4) is 5.75 Å². The molecule has 2 aliphatic carbocycles. The van der Waals surface area contributed by atoms with Gasteiger partial charge in [0.05, 0.1) is 7.11 Å². The molecule has 1 saturated heterocycles. The number of nitrogens with two attached hydrogens (primary N) is 1. The van der Waals surface area contributed by atoms with Crippen molar-refractivity contribution >= 4 is 5.91 Å². The molecule has 3 N–H and O–H groups in total. The molecule has 0 radical (unpaired) electrons. The monoisotopic (exact) mass is 329 g/mol. The number of fused-ring (bicyclic) bond motifs is 1. The van der Waals surface area contributed by atoms with Crippen LogP contribution in [-0.4, -0.2) is 43.1 Å². The van der Waals surface area contributed by atoms with Crippen LogP contribution in [0.3, 0.4) is 0 Å². The van der Waals surface area contributed by atoms with Crippen LogP contribution in [0.15, 0.2) is 18.2 Å². The molecular weight excluding hydrogens is 302 g/mol. The summed E-state index contributed by atoms with van der Waals surface area (Å²) in [5.41, 5.74) is 7.65. The van der Waals surface area contributed by atoms with Gasteiger partial charge >= 0.3 is 0 Å². The number of amides is 1. The maximum Gasteiger partial charge on any atom is 0.244 e. The molecule has 1 aromatic rings. The molecule has 3 aliphatic rings. The Morgan fingerprint density at radius 1 is 1.29 bits per heavy atom. The van der Waals surface area contributed by atoms with E-state index < -0.39 is 5.54 Å². The van der Waals surface area contributed by atoms with Crippen LogP contribution in [0.4, 0.5) is 0 Å². The number of carbonyl (C=O) groups is 1. The highest BCUT2D eigenvalue weighted by Gasteiger charge is 2.44. The number of likely N-dealkylation sites (tertiary alicyclic amines) is 1. The van der Waals surface area contributed by atoms with E-state index >= 15 is 0 Å². The van der Waals surface area contributed by atoms with E-state index in [-0.39, 0.29) is 11.9 Å². The smallest absolute Gasteiger partial charge is 0.244 e. The Kier molecular flexibility index (Phi) is 4.01. The SMILES string of the molecule is COc1cccc2c1CCC2(N)C(=O)NC1CCN(C2CC2)CC1. The number of rotatable bonds is 4. The largest absolute Gasteiger partial charge is 0.496 e. The highest BCUT2D eigenvalue weighted by atomic mass is 16.5. The van der Waals surface area contributed by atoms with E-state index in [1.165, 1.54) is 12.8 Å². The zero-order valence-corrected chi connectivity index (χ0v) is 14.4. The van der Waals surface area contributed by atoms with Gasteiger partial charge in [0.2, 0.25) is 5.91 Å². The lowest BCUT2D eigenvalue weighted by Gasteiger charge is -2.34. The number of methoxy groups -OCH3 is 1. The quantitative estimate of drug-likeness (QED) is 0.879. The summed E-state index contributed by atoms with van der Waals surface area (Å²) < 4.78 is 5.43. The fourth-order valence-electron chi connectivity index (χ4n) is 4.29. The summed E-state index contributed by atoms with van der Waals surface area (Å²) in [7, 11) is 1.67. The summed E-state index contributed by atoms with van der Waals surface area (Å²) >= 11 is 0. The Hall–Kier alpha value is -1.59. The molecule has 1 aliphatic heterocycles. The molecule has 5 heteroatoms. The van der Waals surface area contributed by atoms with E-state index in [9.17, 15) is 4.79 Å². The topological polar surface area (TPSA) is 67.6 Å². The highest BCUT2D eigenvalue weighted by Crippen LogP contribution is 2.40. The molecule has 130 valence electrons. The molecule has 1 atom stereocenters. The lowest BCUT2D eigenvalue weighted by molar-refractivity contribution is -0.127. The standard InChI is InChI=1S/C19H27N3O2/c1-24-17-4-2-3-16-15(17)7-10-19(16,20)18(23)21-13-8-11-22(12-9-13)14-5-6-14/h2-4,13-14H,5-12,20H2,1H3,(H,21,23). The van der Waals surface area contributed by atoms with Crippen molar-refractivity contribution in [3.63, 3.8) is 0 Å². The number of carbonyl (C=O) groups excluding carboxylic acids is 1. The summed E-state index contributed by atoms with van der Waals surface area (Å²) in [6.45, 7) is 2.19. The van der Waals surface area contributed by atoms with Crippen LogP contribution in [0.5, 0.6) is 5.75 Å². The molecule has 1 amide bonds. The Labute approximate surface area is 143 Å². The third kappa shape index (κ3) is 2.70. The molecule has 2 fully saturated rings. The number of hydrogen-bond acceptors (Lipinski definition) is 4. The van der Waals surface area contributed by atoms with Crippen LogP contribution in [0.25, 0.3) is 0 Å². The summed E-state index contributed by atoms with van der Waals surface area (Å²) in [5, 5.41) is 3.23. The summed E-state index contributed by atoms with van der Waals surface area (Å²) in [6, 6.07) is 6.90. The summed E-state index contributed by atoms with van der Waals surface area (Å²) in [4.78, 5) is 15.5. The molecule has 0 aromatic heterocycles. The number of hydrogen-bond donors (Lipinski definition) is 2. The predicted octanol–water partition coefficient (Wildman–Crippen LogP) is 1.54. The second-order valence-corrected chi connectivity index (χ2v) is 7.47. The summed E-state index contributed by atoms with van der Waals surface area (Å²) in [5.74, 6) is 0.810. The fraction of sp³-hybridized carbons (Fsp3) is 0.632. The first-order valence-electron chi connectivity index (χ1n) is 9.12. The van der Waals surface area contributed by atoms with Gasteiger partial charge in [0.25, 0.3) is 0 Å². The molecule has 0 bridgehead atoms. The van der Waals surface area contributed by atoms with E-state index in [4.69, 9.17) is 10.5 Å². The number of nitrogens with one attached hydrogen (secondary N) is 1. The molecule has 1 aromatic carbocycles.